The number of benzene rings is 1. The molecule has 1 aliphatic heterocycles. The molecule has 1 aromatic rings. The first kappa shape index (κ1) is 14.1. The quantitative estimate of drug-likeness (QED) is 0.772. The van der Waals surface area contributed by atoms with Gasteiger partial charge in [0.1, 0.15) is 17.5 Å². The van der Waals surface area contributed by atoms with Crippen LogP contribution in [0.3, 0.4) is 0 Å². The molecule has 19 heavy (non-hydrogen) atoms. The van der Waals surface area contributed by atoms with E-state index < -0.39 is 40.8 Å². The molecule has 4 atom stereocenters. The molecule has 2 nitrogen and oxygen atoms in total. The largest absolute Gasteiger partial charge is 0.374 e. The van der Waals surface area contributed by atoms with Gasteiger partial charge in [0.2, 0.25) is 0 Å². The highest BCUT2D eigenvalue weighted by molar-refractivity contribution is 5.99. The minimum absolute atomic E-state index is 0.147. The van der Waals surface area contributed by atoms with Crippen molar-refractivity contribution in [2.24, 2.45) is 11.8 Å². The molecule has 0 aromatic heterocycles. The maximum atomic E-state index is 13.6. The molecule has 2 rings (SSSR count). The Kier molecular flexibility index (Phi) is 3.67. The third-order valence-electron chi connectivity index (χ3n) is 3.80. The van der Waals surface area contributed by atoms with Crippen LogP contribution >= 0.6 is 0 Å². The SMILES string of the molecule is CC1OC(C)C(C(=O)c2c(F)cc(F)cc2F)C1C. The van der Waals surface area contributed by atoms with E-state index in [0.717, 1.165) is 0 Å². The fraction of sp³-hybridized carbons (Fsp3) is 0.500. The molecule has 0 spiro atoms. The van der Waals surface area contributed by atoms with Crippen LogP contribution in [0, 0.1) is 29.3 Å². The Bertz CT molecular complexity index is 492. The van der Waals surface area contributed by atoms with Crippen LogP contribution in [0.5, 0.6) is 0 Å². The fourth-order valence-corrected chi connectivity index (χ4v) is 2.66. The molecule has 0 amide bonds. The lowest BCUT2D eigenvalue weighted by Crippen LogP contribution is -2.28. The monoisotopic (exact) mass is 272 g/mol. The van der Waals surface area contributed by atoms with Gasteiger partial charge in [-0.15, -0.1) is 0 Å². The lowest BCUT2D eigenvalue weighted by atomic mass is 9.83. The number of hydrogen-bond donors (Lipinski definition) is 0. The molecule has 1 heterocycles. The fourth-order valence-electron chi connectivity index (χ4n) is 2.66. The molecule has 1 aromatic carbocycles. The highest BCUT2D eigenvalue weighted by Gasteiger charge is 2.43. The van der Waals surface area contributed by atoms with Crippen molar-refractivity contribution in [2.45, 2.75) is 33.0 Å². The van der Waals surface area contributed by atoms with Crippen LogP contribution in [-0.2, 0) is 4.74 Å². The summed E-state index contributed by atoms with van der Waals surface area (Å²) in [6, 6.07) is 1.04. The van der Waals surface area contributed by atoms with E-state index >= 15 is 0 Å². The minimum Gasteiger partial charge on any atom is -0.374 e. The molecule has 0 aliphatic carbocycles. The number of halogens is 3. The van der Waals surface area contributed by atoms with Gasteiger partial charge in [-0.05, 0) is 19.8 Å². The van der Waals surface area contributed by atoms with Gasteiger partial charge in [-0.25, -0.2) is 13.2 Å². The van der Waals surface area contributed by atoms with Gasteiger partial charge in [-0.3, -0.25) is 4.79 Å². The van der Waals surface area contributed by atoms with Crippen LogP contribution < -0.4 is 0 Å². The highest BCUT2D eigenvalue weighted by Crippen LogP contribution is 2.35. The Hall–Kier alpha value is -1.36. The Morgan fingerprint density at radius 3 is 2.00 bits per heavy atom. The summed E-state index contributed by atoms with van der Waals surface area (Å²) in [5, 5.41) is 0. The van der Waals surface area contributed by atoms with Crippen molar-refractivity contribution in [1.29, 1.82) is 0 Å². The van der Waals surface area contributed by atoms with Gasteiger partial charge in [0.05, 0.1) is 23.7 Å². The van der Waals surface area contributed by atoms with Gasteiger partial charge < -0.3 is 4.74 Å². The lowest BCUT2D eigenvalue weighted by molar-refractivity contribution is 0.0489. The molecule has 0 bridgehead atoms. The van der Waals surface area contributed by atoms with Crippen molar-refractivity contribution >= 4 is 5.78 Å². The molecule has 1 aliphatic rings. The van der Waals surface area contributed by atoms with Crippen LogP contribution in [0.1, 0.15) is 31.1 Å². The first-order chi connectivity index (χ1) is 8.82. The number of ketones is 1. The second-order valence-corrected chi connectivity index (χ2v) is 5.04. The van der Waals surface area contributed by atoms with Crippen molar-refractivity contribution in [3.8, 4) is 0 Å². The standard InChI is InChI=1S/C14H15F3O2/c1-6-7(2)19-8(3)12(6)14(18)13-10(16)4-9(15)5-11(13)17/h4-8,12H,1-3H3. The van der Waals surface area contributed by atoms with Gasteiger partial charge in [0.15, 0.2) is 5.78 Å². The van der Waals surface area contributed by atoms with E-state index in [1.54, 1.807) is 13.8 Å². The molecule has 5 heteroatoms. The van der Waals surface area contributed by atoms with Gasteiger partial charge in [-0.2, -0.15) is 0 Å². The van der Waals surface area contributed by atoms with Gasteiger partial charge in [0.25, 0.3) is 0 Å². The molecule has 4 unspecified atom stereocenters. The van der Waals surface area contributed by atoms with Crippen LogP contribution in [0.4, 0.5) is 13.2 Å². The first-order valence-corrected chi connectivity index (χ1v) is 6.17. The molecule has 1 saturated heterocycles. The summed E-state index contributed by atoms with van der Waals surface area (Å²) in [5.74, 6) is -4.80. The lowest BCUT2D eigenvalue weighted by Gasteiger charge is -2.17. The van der Waals surface area contributed by atoms with Crippen molar-refractivity contribution in [2.75, 3.05) is 0 Å². The summed E-state index contributed by atoms with van der Waals surface area (Å²) < 4.78 is 45.6. The Morgan fingerprint density at radius 1 is 1.05 bits per heavy atom. The molecular formula is C14H15F3O2. The maximum Gasteiger partial charge on any atom is 0.174 e. The minimum atomic E-state index is -1.17. The van der Waals surface area contributed by atoms with Crippen molar-refractivity contribution in [1.82, 2.24) is 0 Å². The smallest absolute Gasteiger partial charge is 0.174 e. The normalized spacial score (nSPS) is 30.6. The van der Waals surface area contributed by atoms with E-state index in [1.165, 1.54) is 0 Å². The summed E-state index contributed by atoms with van der Waals surface area (Å²) in [4.78, 5) is 12.3. The molecular weight excluding hydrogens is 257 g/mol. The second kappa shape index (κ2) is 4.96. The van der Waals surface area contributed by atoms with Crippen LogP contribution in [0.2, 0.25) is 0 Å². The van der Waals surface area contributed by atoms with Gasteiger partial charge in [-0.1, -0.05) is 6.92 Å². The third kappa shape index (κ3) is 2.39. The summed E-state index contributed by atoms with van der Waals surface area (Å²) >= 11 is 0. The predicted octanol–water partition coefficient (Wildman–Crippen LogP) is 3.35. The predicted molar refractivity (Wildman–Crippen MR) is 63.3 cm³/mol. The average molecular weight is 272 g/mol. The van der Waals surface area contributed by atoms with Crippen molar-refractivity contribution < 1.29 is 22.7 Å². The highest BCUT2D eigenvalue weighted by atomic mass is 19.1. The van der Waals surface area contributed by atoms with Crippen molar-refractivity contribution in [3.63, 3.8) is 0 Å². The Balaban J connectivity index is 2.40. The molecule has 1 fully saturated rings. The molecule has 0 N–H and O–H groups in total. The Labute approximate surface area is 109 Å². The average Bonchev–Trinajstić information content (AvgIpc) is 2.51. The van der Waals surface area contributed by atoms with Gasteiger partial charge in [0, 0.05) is 12.1 Å². The summed E-state index contributed by atoms with van der Waals surface area (Å²) in [6.07, 6.45) is -0.572. The van der Waals surface area contributed by atoms with E-state index in [4.69, 9.17) is 4.74 Å². The van der Waals surface area contributed by atoms with E-state index in [0.29, 0.717) is 12.1 Å². The number of carbonyl (C=O) groups is 1. The van der Waals surface area contributed by atoms with E-state index in [1.807, 2.05) is 6.92 Å². The zero-order valence-corrected chi connectivity index (χ0v) is 10.9. The third-order valence-corrected chi connectivity index (χ3v) is 3.80. The number of rotatable bonds is 2. The number of carbonyl (C=O) groups excluding carboxylic acids is 1. The molecule has 0 saturated carbocycles. The zero-order chi connectivity index (χ0) is 14.3. The van der Waals surface area contributed by atoms with Crippen LogP contribution in [-0.4, -0.2) is 18.0 Å². The summed E-state index contributed by atoms with van der Waals surface area (Å²) in [7, 11) is 0. The number of hydrogen-bond acceptors (Lipinski definition) is 2. The molecule has 104 valence electrons. The Morgan fingerprint density at radius 2 is 1.58 bits per heavy atom. The zero-order valence-electron chi connectivity index (χ0n) is 10.9. The topological polar surface area (TPSA) is 26.3 Å². The van der Waals surface area contributed by atoms with E-state index in [-0.39, 0.29) is 12.0 Å². The van der Waals surface area contributed by atoms with E-state index in [2.05, 4.69) is 0 Å². The number of Topliss-reactive ketones (excluding diaryl/α,β-unsaturated/α-hetero) is 1. The van der Waals surface area contributed by atoms with Gasteiger partial charge >= 0.3 is 0 Å². The van der Waals surface area contributed by atoms with Crippen LogP contribution in [0.15, 0.2) is 12.1 Å². The molecule has 0 radical (unpaired) electrons. The van der Waals surface area contributed by atoms with Crippen molar-refractivity contribution in [3.05, 3.63) is 35.1 Å². The first-order valence-electron chi connectivity index (χ1n) is 6.17. The van der Waals surface area contributed by atoms with Crippen LogP contribution in [0.25, 0.3) is 0 Å². The van der Waals surface area contributed by atoms with E-state index in [9.17, 15) is 18.0 Å². The summed E-state index contributed by atoms with van der Waals surface area (Å²) in [5.41, 5.74) is -0.678. The maximum absolute atomic E-state index is 13.6. The summed E-state index contributed by atoms with van der Waals surface area (Å²) in [6.45, 7) is 5.31. The second-order valence-electron chi connectivity index (χ2n) is 5.04. The number of ether oxygens (including phenoxy) is 1.